The van der Waals surface area contributed by atoms with Gasteiger partial charge in [-0.15, -0.1) is 0 Å². The van der Waals surface area contributed by atoms with Crippen molar-refractivity contribution in [3.8, 4) is 0 Å². The van der Waals surface area contributed by atoms with Gasteiger partial charge in [0.25, 0.3) is 0 Å². The Kier molecular flexibility index (Phi) is 9.14. The Balaban J connectivity index is 3.91. The number of aliphatic carboxylic acids is 1. The summed E-state index contributed by atoms with van der Waals surface area (Å²) in [7, 11) is 0. The molecule has 1 N–H and O–H groups in total. The maximum absolute atomic E-state index is 11.2. The Bertz CT molecular complexity index is 204. The highest BCUT2D eigenvalue weighted by molar-refractivity contribution is 5.76. The van der Waals surface area contributed by atoms with Gasteiger partial charge in [0, 0.05) is 6.61 Å². The molecular weight excluding hydrogens is 216 g/mol. The molecule has 0 aliphatic rings. The molecule has 0 heterocycles. The summed E-state index contributed by atoms with van der Waals surface area (Å²) in [5.74, 6) is -0.830. The average molecular weight is 244 g/mol. The first-order chi connectivity index (χ1) is 8.06. The second kappa shape index (κ2) is 9.46. The first-order valence-corrected chi connectivity index (χ1v) is 6.94. The van der Waals surface area contributed by atoms with E-state index < -0.39 is 11.6 Å². The number of carboxylic acid groups (broad SMARTS) is 1. The van der Waals surface area contributed by atoms with Crippen molar-refractivity contribution in [1.29, 1.82) is 0 Å². The summed E-state index contributed by atoms with van der Waals surface area (Å²) in [6, 6.07) is 0. The molecule has 0 aliphatic carbocycles. The highest BCUT2D eigenvalue weighted by atomic mass is 16.5. The highest BCUT2D eigenvalue weighted by Gasteiger charge is 2.33. The zero-order valence-electron chi connectivity index (χ0n) is 11.6. The van der Waals surface area contributed by atoms with Crippen LogP contribution in [0, 0.1) is 0 Å². The van der Waals surface area contributed by atoms with E-state index in [2.05, 4.69) is 13.8 Å². The molecule has 1 unspecified atom stereocenters. The maximum atomic E-state index is 11.2. The van der Waals surface area contributed by atoms with Gasteiger partial charge in [-0.3, -0.25) is 0 Å². The monoisotopic (exact) mass is 244 g/mol. The first-order valence-electron chi connectivity index (χ1n) is 6.94. The highest BCUT2D eigenvalue weighted by Crippen LogP contribution is 2.21. The fraction of sp³-hybridized carbons (Fsp3) is 0.929. The number of hydrogen-bond acceptors (Lipinski definition) is 2. The molecule has 0 aromatic rings. The molecule has 1 atom stereocenters. The summed E-state index contributed by atoms with van der Waals surface area (Å²) in [6.45, 7) is 6.50. The van der Waals surface area contributed by atoms with Crippen molar-refractivity contribution in [2.75, 3.05) is 6.61 Å². The first kappa shape index (κ1) is 16.4. The van der Waals surface area contributed by atoms with Gasteiger partial charge >= 0.3 is 5.97 Å². The van der Waals surface area contributed by atoms with Gasteiger partial charge < -0.3 is 9.84 Å². The zero-order valence-corrected chi connectivity index (χ0v) is 11.6. The largest absolute Gasteiger partial charge is 0.479 e. The lowest BCUT2D eigenvalue weighted by Crippen LogP contribution is -2.38. The summed E-state index contributed by atoms with van der Waals surface area (Å²) < 4.78 is 5.54. The molecule has 0 amide bonds. The van der Waals surface area contributed by atoms with Crippen LogP contribution in [0.5, 0.6) is 0 Å². The minimum atomic E-state index is -0.985. The smallest absolute Gasteiger partial charge is 0.335 e. The second-order valence-electron chi connectivity index (χ2n) is 4.90. The van der Waals surface area contributed by atoms with Crippen molar-refractivity contribution < 1.29 is 14.6 Å². The van der Waals surface area contributed by atoms with Crippen LogP contribution in [0.4, 0.5) is 0 Å². The Hall–Kier alpha value is -0.570. The zero-order chi connectivity index (χ0) is 13.1. The van der Waals surface area contributed by atoms with E-state index in [1.54, 1.807) is 6.92 Å². The van der Waals surface area contributed by atoms with Gasteiger partial charge in [0.2, 0.25) is 0 Å². The molecule has 102 valence electrons. The summed E-state index contributed by atoms with van der Waals surface area (Å²) >= 11 is 0. The average Bonchev–Trinajstić information content (AvgIpc) is 2.29. The van der Waals surface area contributed by atoms with Crippen LogP contribution < -0.4 is 0 Å². The molecule has 0 aromatic carbocycles. The number of carbonyl (C=O) groups is 1. The van der Waals surface area contributed by atoms with E-state index in [1.165, 1.54) is 19.3 Å². The third kappa shape index (κ3) is 7.37. The maximum Gasteiger partial charge on any atom is 0.335 e. The van der Waals surface area contributed by atoms with Crippen LogP contribution in [0.1, 0.15) is 72.1 Å². The fourth-order valence-corrected chi connectivity index (χ4v) is 1.75. The number of carboxylic acids is 1. The Morgan fingerprint density at radius 2 is 1.65 bits per heavy atom. The van der Waals surface area contributed by atoms with Crippen molar-refractivity contribution in [2.24, 2.45) is 0 Å². The fourth-order valence-electron chi connectivity index (χ4n) is 1.75. The predicted molar refractivity (Wildman–Crippen MR) is 70.3 cm³/mol. The minimum Gasteiger partial charge on any atom is -0.479 e. The van der Waals surface area contributed by atoms with E-state index in [1.807, 2.05) is 0 Å². The number of unbranched alkanes of at least 4 members (excludes halogenated alkanes) is 5. The van der Waals surface area contributed by atoms with E-state index >= 15 is 0 Å². The van der Waals surface area contributed by atoms with E-state index in [0.29, 0.717) is 13.0 Å². The molecule has 0 bridgehead atoms. The standard InChI is InChI=1S/C14H28O3/c1-4-6-8-9-10-11-14(3,13(15)16)17-12-7-5-2/h4-12H2,1-3H3,(H,15,16). The van der Waals surface area contributed by atoms with Gasteiger partial charge in [-0.25, -0.2) is 4.79 Å². The Morgan fingerprint density at radius 1 is 1.06 bits per heavy atom. The van der Waals surface area contributed by atoms with Crippen LogP contribution >= 0.6 is 0 Å². The quantitative estimate of drug-likeness (QED) is 0.559. The molecule has 0 aliphatic heterocycles. The van der Waals surface area contributed by atoms with Crippen LogP contribution in [-0.4, -0.2) is 23.3 Å². The van der Waals surface area contributed by atoms with Gasteiger partial charge in [-0.2, -0.15) is 0 Å². The molecular formula is C14H28O3. The van der Waals surface area contributed by atoms with Gasteiger partial charge in [-0.1, -0.05) is 46.0 Å². The Morgan fingerprint density at radius 3 is 2.18 bits per heavy atom. The van der Waals surface area contributed by atoms with E-state index in [0.717, 1.165) is 25.7 Å². The molecule has 0 spiro atoms. The molecule has 0 aromatic heterocycles. The van der Waals surface area contributed by atoms with Crippen molar-refractivity contribution in [1.82, 2.24) is 0 Å². The molecule has 0 saturated heterocycles. The normalized spacial score (nSPS) is 14.5. The summed E-state index contributed by atoms with van der Waals surface area (Å²) in [5.41, 5.74) is -0.985. The second-order valence-corrected chi connectivity index (χ2v) is 4.90. The number of ether oxygens (including phenoxy) is 1. The van der Waals surface area contributed by atoms with Crippen LogP contribution in [0.3, 0.4) is 0 Å². The predicted octanol–water partition coefficient (Wildman–Crippen LogP) is 4.01. The summed E-state index contributed by atoms with van der Waals surface area (Å²) in [4.78, 5) is 11.2. The minimum absolute atomic E-state index is 0.550. The summed E-state index contributed by atoms with van der Waals surface area (Å²) in [5, 5.41) is 9.21. The lowest BCUT2D eigenvalue weighted by molar-refractivity contribution is -0.165. The van der Waals surface area contributed by atoms with Crippen molar-refractivity contribution >= 4 is 5.97 Å². The van der Waals surface area contributed by atoms with Crippen LogP contribution in [0.15, 0.2) is 0 Å². The van der Waals surface area contributed by atoms with Gasteiger partial charge in [0.1, 0.15) is 0 Å². The number of rotatable bonds is 11. The summed E-state index contributed by atoms with van der Waals surface area (Å²) in [6.07, 6.45) is 8.27. The van der Waals surface area contributed by atoms with Gasteiger partial charge in [0.05, 0.1) is 0 Å². The molecule has 0 radical (unpaired) electrons. The van der Waals surface area contributed by atoms with Crippen LogP contribution in [0.2, 0.25) is 0 Å². The van der Waals surface area contributed by atoms with E-state index in [-0.39, 0.29) is 0 Å². The van der Waals surface area contributed by atoms with Crippen molar-refractivity contribution in [3.05, 3.63) is 0 Å². The Labute approximate surface area is 106 Å². The van der Waals surface area contributed by atoms with Crippen molar-refractivity contribution in [3.63, 3.8) is 0 Å². The van der Waals surface area contributed by atoms with Gasteiger partial charge in [0.15, 0.2) is 5.60 Å². The molecule has 0 fully saturated rings. The van der Waals surface area contributed by atoms with E-state index in [9.17, 15) is 9.90 Å². The number of hydrogen-bond donors (Lipinski definition) is 1. The third-order valence-corrected chi connectivity index (χ3v) is 3.13. The molecule has 17 heavy (non-hydrogen) atoms. The molecule has 3 nitrogen and oxygen atoms in total. The SMILES string of the molecule is CCCCCCCC(C)(OCCCC)C(=O)O. The van der Waals surface area contributed by atoms with Crippen molar-refractivity contribution in [2.45, 2.75) is 77.7 Å². The molecule has 0 rings (SSSR count). The molecule has 0 saturated carbocycles. The van der Waals surface area contributed by atoms with E-state index in [4.69, 9.17) is 4.74 Å². The third-order valence-electron chi connectivity index (χ3n) is 3.13. The van der Waals surface area contributed by atoms with Crippen LogP contribution in [0.25, 0.3) is 0 Å². The van der Waals surface area contributed by atoms with Crippen LogP contribution in [-0.2, 0) is 9.53 Å². The lowest BCUT2D eigenvalue weighted by atomic mass is 9.97. The van der Waals surface area contributed by atoms with Gasteiger partial charge in [-0.05, 0) is 26.2 Å². The molecule has 3 heteroatoms. The topological polar surface area (TPSA) is 46.5 Å². The lowest BCUT2D eigenvalue weighted by Gasteiger charge is -2.25.